The molecule has 6 heteroatoms. The number of carboxylic acid groups (broad SMARTS) is 1. The molecule has 2 aromatic rings. The van der Waals surface area contributed by atoms with Gasteiger partial charge in [0.25, 0.3) is 0 Å². The zero-order chi connectivity index (χ0) is 18.9. The highest BCUT2D eigenvalue weighted by molar-refractivity contribution is 5.90. The summed E-state index contributed by atoms with van der Waals surface area (Å²) in [6, 6.07) is 16.6. The topological polar surface area (TPSA) is 78.9 Å². The Morgan fingerprint density at radius 2 is 1.69 bits per heavy atom. The van der Waals surface area contributed by atoms with Gasteiger partial charge < -0.3 is 20.1 Å². The van der Waals surface area contributed by atoms with E-state index in [0.29, 0.717) is 30.9 Å². The van der Waals surface area contributed by atoms with Crippen molar-refractivity contribution in [2.75, 3.05) is 25.5 Å². The minimum absolute atomic E-state index is 0.114. The Balaban J connectivity index is 1.77. The predicted molar refractivity (Wildman–Crippen MR) is 101 cm³/mol. The van der Waals surface area contributed by atoms with E-state index in [0.717, 1.165) is 5.75 Å². The summed E-state index contributed by atoms with van der Waals surface area (Å²) in [5.74, 6) is 0.0374. The number of hydrogen-bond acceptors (Lipinski definition) is 4. The Labute approximate surface area is 153 Å². The second-order valence-corrected chi connectivity index (χ2v) is 6.24. The zero-order valence-corrected chi connectivity index (χ0v) is 15.0. The summed E-state index contributed by atoms with van der Waals surface area (Å²) >= 11 is 0. The number of rotatable bonds is 9. The number of aliphatic carboxylic acids is 1. The largest absolute Gasteiger partial charge is 0.481 e. The normalized spacial score (nSPS) is 11.8. The zero-order valence-electron chi connectivity index (χ0n) is 15.0. The third-order valence-corrected chi connectivity index (χ3v) is 3.84. The lowest BCUT2D eigenvalue weighted by atomic mass is 10.2. The Kier molecular flexibility index (Phi) is 7.17. The molecule has 1 unspecified atom stereocenters. The summed E-state index contributed by atoms with van der Waals surface area (Å²) in [5, 5.41) is 11.7. The summed E-state index contributed by atoms with van der Waals surface area (Å²) in [4.78, 5) is 24.7. The van der Waals surface area contributed by atoms with Crippen molar-refractivity contribution < 1.29 is 19.4 Å². The molecule has 1 amide bonds. The quantitative estimate of drug-likeness (QED) is 0.719. The van der Waals surface area contributed by atoms with Gasteiger partial charge in [-0.25, -0.2) is 0 Å². The van der Waals surface area contributed by atoms with Gasteiger partial charge in [-0.05, 0) is 43.4 Å². The van der Waals surface area contributed by atoms with E-state index < -0.39 is 11.9 Å². The fourth-order valence-corrected chi connectivity index (χ4v) is 2.38. The number of carbonyl (C=O) groups excluding carboxylic acids is 1. The summed E-state index contributed by atoms with van der Waals surface area (Å²) in [7, 11) is 1.81. The predicted octanol–water partition coefficient (Wildman–Crippen LogP) is 3.46. The molecule has 0 heterocycles. The summed E-state index contributed by atoms with van der Waals surface area (Å²) in [6.07, 6.45) is 0.297. The lowest BCUT2D eigenvalue weighted by Gasteiger charge is -2.18. The van der Waals surface area contributed by atoms with Crippen LogP contribution in [0.5, 0.6) is 11.5 Å². The summed E-state index contributed by atoms with van der Waals surface area (Å²) in [6.45, 7) is 2.56. The van der Waals surface area contributed by atoms with Gasteiger partial charge in [-0.2, -0.15) is 0 Å². The van der Waals surface area contributed by atoms with Crippen LogP contribution in [-0.2, 0) is 9.59 Å². The average Bonchev–Trinajstić information content (AvgIpc) is 2.62. The highest BCUT2D eigenvalue weighted by Crippen LogP contribution is 2.22. The van der Waals surface area contributed by atoms with E-state index in [1.807, 2.05) is 42.3 Å². The lowest BCUT2D eigenvalue weighted by molar-refractivity contribution is -0.141. The minimum atomic E-state index is -0.834. The minimum Gasteiger partial charge on any atom is -0.481 e. The Morgan fingerprint density at radius 1 is 1.08 bits per heavy atom. The molecule has 0 spiro atoms. The van der Waals surface area contributed by atoms with Gasteiger partial charge in [-0.3, -0.25) is 9.59 Å². The molecular weight excluding hydrogens is 332 g/mol. The summed E-state index contributed by atoms with van der Waals surface area (Å²) in [5.41, 5.74) is 0.692. The highest BCUT2D eigenvalue weighted by Gasteiger charge is 2.14. The van der Waals surface area contributed by atoms with Crippen LogP contribution in [0.25, 0.3) is 0 Å². The van der Waals surface area contributed by atoms with E-state index in [9.17, 15) is 9.59 Å². The van der Waals surface area contributed by atoms with Gasteiger partial charge in [-0.15, -0.1) is 0 Å². The molecule has 0 aliphatic rings. The van der Waals surface area contributed by atoms with E-state index in [4.69, 9.17) is 9.84 Å². The van der Waals surface area contributed by atoms with Crippen LogP contribution in [0, 0.1) is 5.92 Å². The molecule has 0 aromatic heterocycles. The van der Waals surface area contributed by atoms with E-state index in [1.54, 1.807) is 31.2 Å². The van der Waals surface area contributed by atoms with Crippen molar-refractivity contribution in [3.05, 3.63) is 54.6 Å². The standard InChI is InChI=1S/C20H24N2O4/c1-15(20(24)25)14-22(2)13-12-19(23)21-16-8-10-18(11-9-16)26-17-6-4-3-5-7-17/h3-11,15H,12-14H2,1-2H3,(H,21,23)(H,24,25). The van der Waals surface area contributed by atoms with Gasteiger partial charge in [0.1, 0.15) is 11.5 Å². The van der Waals surface area contributed by atoms with Gasteiger partial charge in [0.2, 0.25) is 5.91 Å². The molecular formula is C20H24N2O4. The number of para-hydroxylation sites is 1. The van der Waals surface area contributed by atoms with Gasteiger partial charge in [0.05, 0.1) is 5.92 Å². The fourth-order valence-electron chi connectivity index (χ4n) is 2.38. The average molecular weight is 356 g/mol. The number of hydrogen-bond donors (Lipinski definition) is 2. The van der Waals surface area contributed by atoms with Crippen molar-refractivity contribution in [1.82, 2.24) is 4.90 Å². The maximum absolute atomic E-state index is 12.0. The number of anilines is 1. The SMILES string of the molecule is CC(CN(C)CCC(=O)Nc1ccc(Oc2ccccc2)cc1)C(=O)O. The Bertz CT molecular complexity index is 716. The van der Waals surface area contributed by atoms with E-state index >= 15 is 0 Å². The second kappa shape index (κ2) is 9.58. The molecule has 0 aliphatic carbocycles. The molecule has 0 fully saturated rings. The first-order valence-corrected chi connectivity index (χ1v) is 8.48. The van der Waals surface area contributed by atoms with Crippen LogP contribution in [0.4, 0.5) is 5.69 Å². The van der Waals surface area contributed by atoms with Crippen LogP contribution < -0.4 is 10.1 Å². The second-order valence-electron chi connectivity index (χ2n) is 6.24. The van der Waals surface area contributed by atoms with Gasteiger partial charge in [0, 0.05) is 25.2 Å². The number of benzene rings is 2. The number of carboxylic acids is 1. The van der Waals surface area contributed by atoms with Crippen molar-refractivity contribution in [1.29, 1.82) is 0 Å². The molecule has 138 valence electrons. The van der Waals surface area contributed by atoms with Crippen molar-refractivity contribution in [2.24, 2.45) is 5.92 Å². The number of amides is 1. The van der Waals surface area contributed by atoms with Crippen LogP contribution in [0.3, 0.4) is 0 Å². The fraction of sp³-hybridized carbons (Fsp3) is 0.300. The smallest absolute Gasteiger partial charge is 0.307 e. The van der Waals surface area contributed by atoms with Crippen molar-refractivity contribution in [3.8, 4) is 11.5 Å². The molecule has 2 N–H and O–H groups in total. The molecule has 2 aromatic carbocycles. The van der Waals surface area contributed by atoms with Crippen LogP contribution in [0.2, 0.25) is 0 Å². The monoisotopic (exact) mass is 356 g/mol. The Morgan fingerprint density at radius 3 is 2.31 bits per heavy atom. The first-order valence-electron chi connectivity index (χ1n) is 8.48. The van der Waals surface area contributed by atoms with Crippen LogP contribution in [0.1, 0.15) is 13.3 Å². The molecule has 1 atom stereocenters. The van der Waals surface area contributed by atoms with Crippen molar-refractivity contribution >= 4 is 17.6 Å². The maximum Gasteiger partial charge on any atom is 0.307 e. The van der Waals surface area contributed by atoms with Crippen molar-refractivity contribution in [2.45, 2.75) is 13.3 Å². The van der Waals surface area contributed by atoms with Gasteiger partial charge >= 0.3 is 5.97 Å². The molecule has 2 rings (SSSR count). The summed E-state index contributed by atoms with van der Waals surface area (Å²) < 4.78 is 5.71. The number of nitrogens with one attached hydrogen (secondary N) is 1. The Hall–Kier alpha value is -2.86. The molecule has 26 heavy (non-hydrogen) atoms. The van der Waals surface area contributed by atoms with Crippen molar-refractivity contribution in [3.63, 3.8) is 0 Å². The highest BCUT2D eigenvalue weighted by atomic mass is 16.5. The molecule has 0 saturated carbocycles. The van der Waals surface area contributed by atoms with E-state index in [-0.39, 0.29) is 5.91 Å². The number of ether oxygens (including phenoxy) is 1. The lowest BCUT2D eigenvalue weighted by Crippen LogP contribution is -2.31. The number of nitrogens with zero attached hydrogens (tertiary/aromatic N) is 1. The molecule has 0 bridgehead atoms. The van der Waals surface area contributed by atoms with E-state index in [2.05, 4.69) is 5.32 Å². The van der Waals surface area contributed by atoms with Crippen LogP contribution >= 0.6 is 0 Å². The van der Waals surface area contributed by atoms with Crippen LogP contribution in [-0.4, -0.2) is 42.0 Å². The molecule has 0 aliphatic heterocycles. The molecule has 0 radical (unpaired) electrons. The van der Waals surface area contributed by atoms with Crippen LogP contribution in [0.15, 0.2) is 54.6 Å². The molecule has 0 saturated heterocycles. The molecule has 6 nitrogen and oxygen atoms in total. The maximum atomic E-state index is 12.0. The van der Waals surface area contributed by atoms with Gasteiger partial charge in [0.15, 0.2) is 0 Å². The third-order valence-electron chi connectivity index (χ3n) is 3.84. The third kappa shape index (κ3) is 6.57. The first-order chi connectivity index (χ1) is 12.4. The first kappa shape index (κ1) is 19.5. The van der Waals surface area contributed by atoms with E-state index in [1.165, 1.54) is 0 Å². The van der Waals surface area contributed by atoms with Gasteiger partial charge in [-0.1, -0.05) is 25.1 Å². The number of carbonyl (C=O) groups is 2.